The molecule has 1 atom stereocenters. The van der Waals surface area contributed by atoms with Gasteiger partial charge in [-0.3, -0.25) is 4.90 Å². The number of sulfonamides is 1. The first-order valence-corrected chi connectivity index (χ1v) is 9.45. The quantitative estimate of drug-likeness (QED) is 0.807. The molecule has 1 unspecified atom stereocenters. The maximum Gasteiger partial charge on any atom is 0.416 e. The molecule has 2 fully saturated rings. The van der Waals surface area contributed by atoms with Crippen LogP contribution in [0, 0.1) is 5.82 Å². The topological polar surface area (TPSA) is 52.7 Å². The molecule has 2 heterocycles. The predicted molar refractivity (Wildman–Crippen MR) is 83.0 cm³/mol. The smallest absolute Gasteiger partial charge is 0.314 e. The van der Waals surface area contributed by atoms with Gasteiger partial charge in [0.1, 0.15) is 10.7 Å². The molecule has 0 bridgehead atoms. The zero-order valence-corrected chi connectivity index (χ0v) is 14.2. The zero-order chi connectivity index (χ0) is 18.2. The van der Waals surface area contributed by atoms with Crippen LogP contribution in [0.25, 0.3) is 0 Å². The van der Waals surface area contributed by atoms with E-state index in [1.54, 1.807) is 0 Å². The number of halogens is 4. The van der Waals surface area contributed by atoms with Gasteiger partial charge in [-0.05, 0) is 24.6 Å². The summed E-state index contributed by atoms with van der Waals surface area (Å²) < 4.78 is 78.8. The van der Waals surface area contributed by atoms with Gasteiger partial charge in [-0.25, -0.2) is 12.8 Å². The lowest BCUT2D eigenvalue weighted by Gasteiger charge is -2.32. The van der Waals surface area contributed by atoms with Crippen LogP contribution < -0.4 is 5.32 Å². The Balaban J connectivity index is 1.82. The van der Waals surface area contributed by atoms with Crippen molar-refractivity contribution in [3.63, 3.8) is 0 Å². The summed E-state index contributed by atoms with van der Waals surface area (Å²) in [4.78, 5) is 1.25. The lowest BCUT2D eigenvalue weighted by atomic mass is 10.2. The molecule has 2 aliphatic rings. The number of piperazine rings is 1. The highest BCUT2D eigenvalue weighted by Crippen LogP contribution is 2.33. The number of hydrogen-bond acceptors (Lipinski definition) is 4. The largest absolute Gasteiger partial charge is 0.416 e. The third kappa shape index (κ3) is 3.81. The van der Waals surface area contributed by atoms with E-state index in [1.807, 2.05) is 0 Å². The zero-order valence-electron chi connectivity index (χ0n) is 13.4. The Morgan fingerprint density at radius 2 is 1.80 bits per heavy atom. The fourth-order valence-electron chi connectivity index (χ4n) is 3.29. The highest BCUT2D eigenvalue weighted by molar-refractivity contribution is 7.89. The summed E-state index contributed by atoms with van der Waals surface area (Å²) in [7, 11) is -4.31. The summed E-state index contributed by atoms with van der Waals surface area (Å²) in [6, 6.07) is 1.48. The third-order valence-electron chi connectivity index (χ3n) is 4.67. The molecular weight excluding hydrogens is 362 g/mol. The second-order valence-electron chi connectivity index (χ2n) is 6.23. The normalized spacial score (nSPS) is 23.9. The van der Waals surface area contributed by atoms with Crippen molar-refractivity contribution in [3.05, 3.63) is 29.6 Å². The van der Waals surface area contributed by atoms with Gasteiger partial charge < -0.3 is 5.32 Å². The lowest BCUT2D eigenvalue weighted by molar-refractivity contribution is -0.137. The molecule has 2 saturated heterocycles. The number of benzene rings is 1. The molecule has 0 spiro atoms. The lowest BCUT2D eigenvalue weighted by Crippen LogP contribution is -2.49. The SMILES string of the molecule is O=S(=O)(c1cc(C(F)(F)F)ccc1F)N1CCC(N2CCNCC2)C1. The van der Waals surface area contributed by atoms with E-state index >= 15 is 0 Å². The van der Waals surface area contributed by atoms with Crippen LogP contribution in [0.5, 0.6) is 0 Å². The Morgan fingerprint density at radius 1 is 1.12 bits per heavy atom. The highest BCUT2D eigenvalue weighted by Gasteiger charge is 2.38. The van der Waals surface area contributed by atoms with E-state index in [2.05, 4.69) is 10.2 Å². The molecule has 1 aromatic carbocycles. The van der Waals surface area contributed by atoms with Crippen molar-refractivity contribution >= 4 is 10.0 Å². The van der Waals surface area contributed by atoms with Gasteiger partial charge in [0, 0.05) is 45.3 Å². The molecule has 0 aromatic heterocycles. The second kappa shape index (κ2) is 6.82. The molecular formula is C15H19F4N3O2S. The van der Waals surface area contributed by atoms with Crippen LogP contribution in [-0.2, 0) is 16.2 Å². The van der Waals surface area contributed by atoms with Crippen LogP contribution in [0.1, 0.15) is 12.0 Å². The van der Waals surface area contributed by atoms with Crippen molar-refractivity contribution in [1.82, 2.24) is 14.5 Å². The van der Waals surface area contributed by atoms with Gasteiger partial charge in [0.05, 0.1) is 5.56 Å². The van der Waals surface area contributed by atoms with E-state index in [1.165, 1.54) is 0 Å². The summed E-state index contributed by atoms with van der Waals surface area (Å²) in [5.41, 5.74) is -1.18. The van der Waals surface area contributed by atoms with E-state index < -0.39 is 32.5 Å². The number of alkyl halides is 3. The highest BCUT2D eigenvalue weighted by atomic mass is 32.2. The first-order valence-electron chi connectivity index (χ1n) is 8.01. The van der Waals surface area contributed by atoms with E-state index in [0.717, 1.165) is 30.5 Å². The summed E-state index contributed by atoms with van der Waals surface area (Å²) in [6.07, 6.45) is -4.15. The summed E-state index contributed by atoms with van der Waals surface area (Å²) in [6.45, 7) is 3.54. The summed E-state index contributed by atoms with van der Waals surface area (Å²) >= 11 is 0. The Labute approximate surface area is 143 Å². The molecule has 1 N–H and O–H groups in total. The minimum atomic E-state index is -4.73. The Hall–Kier alpha value is -1.23. The van der Waals surface area contributed by atoms with Gasteiger partial charge in [0.2, 0.25) is 10.0 Å². The Kier molecular flexibility index (Phi) is 5.06. The molecule has 10 heteroatoms. The third-order valence-corrected chi connectivity index (χ3v) is 6.55. The van der Waals surface area contributed by atoms with E-state index in [4.69, 9.17) is 0 Å². The molecule has 0 radical (unpaired) electrons. The Bertz CT molecular complexity index is 733. The van der Waals surface area contributed by atoms with Crippen LogP contribution >= 0.6 is 0 Å². The van der Waals surface area contributed by atoms with Crippen molar-refractivity contribution in [2.45, 2.75) is 23.5 Å². The number of hydrogen-bond donors (Lipinski definition) is 1. The molecule has 140 valence electrons. The fourth-order valence-corrected chi connectivity index (χ4v) is 4.87. The van der Waals surface area contributed by atoms with Crippen molar-refractivity contribution in [3.8, 4) is 0 Å². The van der Waals surface area contributed by atoms with E-state index in [0.29, 0.717) is 24.6 Å². The molecule has 5 nitrogen and oxygen atoms in total. The maximum atomic E-state index is 14.0. The van der Waals surface area contributed by atoms with Crippen LogP contribution in [0.15, 0.2) is 23.1 Å². The van der Waals surface area contributed by atoms with Gasteiger partial charge in [0.25, 0.3) is 0 Å². The first kappa shape index (κ1) is 18.6. The van der Waals surface area contributed by atoms with Crippen molar-refractivity contribution in [1.29, 1.82) is 0 Å². The van der Waals surface area contributed by atoms with Crippen LogP contribution in [0.2, 0.25) is 0 Å². The predicted octanol–water partition coefficient (Wildman–Crippen LogP) is 1.51. The Morgan fingerprint density at radius 3 is 2.44 bits per heavy atom. The van der Waals surface area contributed by atoms with Crippen LogP contribution in [-0.4, -0.2) is 62.9 Å². The van der Waals surface area contributed by atoms with Crippen molar-refractivity contribution < 1.29 is 26.0 Å². The average Bonchev–Trinajstić information content (AvgIpc) is 3.05. The van der Waals surface area contributed by atoms with Gasteiger partial charge >= 0.3 is 6.18 Å². The number of nitrogens with one attached hydrogen (secondary N) is 1. The minimum absolute atomic E-state index is 0.00531. The number of nitrogens with zero attached hydrogens (tertiary/aromatic N) is 2. The first-order chi connectivity index (χ1) is 11.7. The van der Waals surface area contributed by atoms with E-state index in [-0.39, 0.29) is 19.1 Å². The average molecular weight is 381 g/mol. The fraction of sp³-hybridized carbons (Fsp3) is 0.600. The molecule has 1 aromatic rings. The van der Waals surface area contributed by atoms with Gasteiger partial charge in [-0.15, -0.1) is 0 Å². The molecule has 0 amide bonds. The monoisotopic (exact) mass is 381 g/mol. The van der Waals surface area contributed by atoms with E-state index in [9.17, 15) is 26.0 Å². The molecule has 25 heavy (non-hydrogen) atoms. The second-order valence-corrected chi connectivity index (χ2v) is 8.14. The minimum Gasteiger partial charge on any atom is -0.314 e. The molecule has 3 rings (SSSR count). The molecule has 2 aliphatic heterocycles. The van der Waals surface area contributed by atoms with Crippen LogP contribution in [0.4, 0.5) is 17.6 Å². The molecule has 0 aliphatic carbocycles. The van der Waals surface area contributed by atoms with Gasteiger partial charge in [-0.2, -0.15) is 17.5 Å². The molecule has 0 saturated carbocycles. The summed E-state index contributed by atoms with van der Waals surface area (Å²) in [5, 5.41) is 3.20. The standard InChI is InChI=1S/C15H19F4N3O2S/c16-13-2-1-11(15(17,18)19)9-14(13)25(23,24)22-6-3-12(10-22)21-7-4-20-5-8-21/h1-2,9,12,20H,3-8,10H2. The van der Waals surface area contributed by atoms with Crippen LogP contribution in [0.3, 0.4) is 0 Å². The summed E-state index contributed by atoms with van der Waals surface area (Å²) in [5.74, 6) is -1.17. The maximum absolute atomic E-state index is 14.0. The van der Waals surface area contributed by atoms with Crippen molar-refractivity contribution in [2.24, 2.45) is 0 Å². The number of rotatable bonds is 3. The van der Waals surface area contributed by atoms with Gasteiger partial charge in [0.15, 0.2) is 0 Å². The van der Waals surface area contributed by atoms with Gasteiger partial charge in [-0.1, -0.05) is 0 Å². The van der Waals surface area contributed by atoms with Crippen molar-refractivity contribution in [2.75, 3.05) is 39.3 Å².